The molecule has 1 aliphatic carbocycles. The first-order valence-corrected chi connectivity index (χ1v) is 4.92. The van der Waals surface area contributed by atoms with Crippen molar-refractivity contribution in [3.8, 4) is 0 Å². The zero-order valence-corrected chi connectivity index (χ0v) is 7.82. The van der Waals surface area contributed by atoms with Crippen LogP contribution in [0.4, 0.5) is 0 Å². The highest BCUT2D eigenvalue weighted by Crippen LogP contribution is 2.30. The minimum Gasteiger partial charge on any atom is -0.481 e. The van der Waals surface area contributed by atoms with Gasteiger partial charge >= 0.3 is 5.97 Å². The zero-order valence-electron chi connectivity index (χ0n) is 7.82. The van der Waals surface area contributed by atoms with E-state index in [2.05, 4.69) is 10.6 Å². The van der Waals surface area contributed by atoms with Gasteiger partial charge in [-0.2, -0.15) is 0 Å². The van der Waals surface area contributed by atoms with Gasteiger partial charge in [-0.15, -0.1) is 0 Å². The van der Waals surface area contributed by atoms with Crippen molar-refractivity contribution < 1.29 is 14.7 Å². The number of carbonyl (C=O) groups is 2. The van der Waals surface area contributed by atoms with Crippen molar-refractivity contribution >= 4 is 11.9 Å². The summed E-state index contributed by atoms with van der Waals surface area (Å²) in [7, 11) is 0. The van der Waals surface area contributed by atoms with Gasteiger partial charge in [-0.05, 0) is 19.3 Å². The average Bonchev–Trinajstić information content (AvgIpc) is 2.17. The smallest absolute Gasteiger partial charge is 0.306 e. The second-order valence-corrected chi connectivity index (χ2v) is 3.98. The molecule has 1 amide bonds. The van der Waals surface area contributed by atoms with E-state index in [1.807, 2.05) is 0 Å². The van der Waals surface area contributed by atoms with E-state index in [4.69, 9.17) is 5.11 Å². The maximum absolute atomic E-state index is 11.4. The summed E-state index contributed by atoms with van der Waals surface area (Å²) in [6.45, 7) is 0.465. The average molecular weight is 198 g/mol. The standard InChI is InChI=1S/C9H14N2O3/c12-8-6-2-1-5(9(13)14)3-7(6)10-4-11-8/h5-7,10H,1-4H2,(H,11,12)(H,13,14). The highest BCUT2D eigenvalue weighted by atomic mass is 16.4. The third-order valence-electron chi connectivity index (χ3n) is 3.16. The van der Waals surface area contributed by atoms with Crippen LogP contribution in [0.5, 0.6) is 0 Å². The predicted octanol–water partition coefficient (Wildman–Crippen LogP) is -0.467. The molecule has 1 heterocycles. The Hall–Kier alpha value is -1.10. The molecular formula is C9H14N2O3. The first kappa shape index (κ1) is 9.45. The van der Waals surface area contributed by atoms with E-state index in [1.54, 1.807) is 0 Å². The molecule has 78 valence electrons. The van der Waals surface area contributed by atoms with Crippen LogP contribution in [0, 0.1) is 11.8 Å². The van der Waals surface area contributed by atoms with Gasteiger partial charge in [0.15, 0.2) is 0 Å². The van der Waals surface area contributed by atoms with Gasteiger partial charge in [0.2, 0.25) is 5.91 Å². The molecule has 2 rings (SSSR count). The third kappa shape index (κ3) is 1.59. The van der Waals surface area contributed by atoms with Crippen LogP contribution < -0.4 is 10.6 Å². The number of aliphatic carboxylic acids is 1. The molecule has 14 heavy (non-hydrogen) atoms. The summed E-state index contributed by atoms with van der Waals surface area (Å²) in [5.74, 6) is -0.983. The lowest BCUT2D eigenvalue weighted by Gasteiger charge is -2.37. The van der Waals surface area contributed by atoms with Gasteiger partial charge in [0.1, 0.15) is 0 Å². The normalized spacial score (nSPS) is 37.1. The number of nitrogens with one attached hydrogen (secondary N) is 2. The van der Waals surface area contributed by atoms with Gasteiger partial charge in [-0.3, -0.25) is 14.9 Å². The Kier molecular flexibility index (Phi) is 2.41. The van der Waals surface area contributed by atoms with Gasteiger partial charge < -0.3 is 10.4 Å². The molecule has 0 spiro atoms. The molecule has 1 saturated carbocycles. The van der Waals surface area contributed by atoms with E-state index in [1.165, 1.54) is 0 Å². The maximum Gasteiger partial charge on any atom is 0.306 e. The summed E-state index contributed by atoms with van der Waals surface area (Å²) in [6, 6.07) is 0.0543. The highest BCUT2D eigenvalue weighted by Gasteiger charge is 2.39. The maximum atomic E-state index is 11.4. The van der Waals surface area contributed by atoms with E-state index in [-0.39, 0.29) is 23.8 Å². The number of carboxylic acids is 1. The van der Waals surface area contributed by atoms with Crippen LogP contribution in [0.2, 0.25) is 0 Å². The summed E-state index contributed by atoms with van der Waals surface area (Å²) < 4.78 is 0. The molecule has 0 aromatic carbocycles. The Morgan fingerprint density at radius 2 is 2.21 bits per heavy atom. The van der Waals surface area contributed by atoms with Gasteiger partial charge in [-0.1, -0.05) is 0 Å². The molecule has 0 bridgehead atoms. The lowest BCUT2D eigenvalue weighted by Crippen LogP contribution is -2.57. The minimum atomic E-state index is -0.740. The molecule has 0 aromatic rings. The van der Waals surface area contributed by atoms with E-state index >= 15 is 0 Å². The fourth-order valence-electron chi connectivity index (χ4n) is 2.33. The van der Waals surface area contributed by atoms with E-state index in [0.29, 0.717) is 25.9 Å². The Balaban J connectivity index is 2.03. The molecule has 3 atom stereocenters. The van der Waals surface area contributed by atoms with Crippen molar-refractivity contribution in [3.63, 3.8) is 0 Å². The molecule has 2 fully saturated rings. The fraction of sp³-hybridized carbons (Fsp3) is 0.778. The molecule has 1 aliphatic heterocycles. The van der Waals surface area contributed by atoms with Crippen molar-refractivity contribution in [2.24, 2.45) is 11.8 Å². The Morgan fingerprint density at radius 1 is 1.43 bits per heavy atom. The van der Waals surface area contributed by atoms with Crippen LogP contribution in [0.3, 0.4) is 0 Å². The van der Waals surface area contributed by atoms with Crippen molar-refractivity contribution in [2.75, 3.05) is 6.67 Å². The Bertz CT molecular complexity index is 267. The third-order valence-corrected chi connectivity index (χ3v) is 3.16. The fourth-order valence-corrected chi connectivity index (χ4v) is 2.33. The molecular weight excluding hydrogens is 184 g/mol. The van der Waals surface area contributed by atoms with Crippen LogP contribution in [0.1, 0.15) is 19.3 Å². The highest BCUT2D eigenvalue weighted by molar-refractivity contribution is 5.81. The second-order valence-electron chi connectivity index (χ2n) is 3.98. The lowest BCUT2D eigenvalue weighted by molar-refractivity contribution is -0.145. The molecule has 0 radical (unpaired) electrons. The van der Waals surface area contributed by atoms with Crippen molar-refractivity contribution in [1.29, 1.82) is 0 Å². The number of fused-ring (bicyclic) bond motifs is 1. The second kappa shape index (κ2) is 3.57. The number of carboxylic acid groups (broad SMARTS) is 1. The Labute approximate surface area is 81.9 Å². The number of hydrogen-bond donors (Lipinski definition) is 3. The summed E-state index contributed by atoms with van der Waals surface area (Å²) >= 11 is 0. The summed E-state index contributed by atoms with van der Waals surface area (Å²) in [6.07, 6.45) is 1.87. The topological polar surface area (TPSA) is 78.4 Å². The Morgan fingerprint density at radius 3 is 2.93 bits per heavy atom. The SMILES string of the molecule is O=C(O)C1CCC2C(=O)NCNC2C1. The molecule has 2 aliphatic rings. The van der Waals surface area contributed by atoms with Crippen molar-refractivity contribution in [2.45, 2.75) is 25.3 Å². The molecule has 0 aromatic heterocycles. The number of rotatable bonds is 1. The lowest BCUT2D eigenvalue weighted by atomic mass is 9.77. The molecule has 1 saturated heterocycles. The molecule has 5 nitrogen and oxygen atoms in total. The number of amides is 1. The largest absolute Gasteiger partial charge is 0.481 e. The first-order valence-electron chi connectivity index (χ1n) is 4.92. The van der Waals surface area contributed by atoms with Gasteiger partial charge in [0, 0.05) is 6.04 Å². The molecule has 5 heteroatoms. The van der Waals surface area contributed by atoms with Crippen molar-refractivity contribution in [3.05, 3.63) is 0 Å². The first-order chi connectivity index (χ1) is 6.68. The van der Waals surface area contributed by atoms with Crippen LogP contribution in [-0.2, 0) is 9.59 Å². The number of hydrogen-bond acceptors (Lipinski definition) is 3. The summed E-state index contributed by atoms with van der Waals surface area (Å²) in [4.78, 5) is 22.2. The van der Waals surface area contributed by atoms with Crippen LogP contribution in [0.25, 0.3) is 0 Å². The summed E-state index contributed by atoms with van der Waals surface area (Å²) in [5.41, 5.74) is 0. The summed E-state index contributed by atoms with van der Waals surface area (Å²) in [5, 5.41) is 14.7. The molecule has 3 N–H and O–H groups in total. The number of carbonyl (C=O) groups excluding carboxylic acids is 1. The minimum absolute atomic E-state index is 0.0284. The van der Waals surface area contributed by atoms with Gasteiger partial charge in [0.25, 0.3) is 0 Å². The van der Waals surface area contributed by atoms with E-state index in [0.717, 1.165) is 0 Å². The van der Waals surface area contributed by atoms with Crippen LogP contribution in [-0.4, -0.2) is 29.7 Å². The predicted molar refractivity (Wildman–Crippen MR) is 48.4 cm³/mol. The van der Waals surface area contributed by atoms with E-state index in [9.17, 15) is 9.59 Å². The van der Waals surface area contributed by atoms with Crippen LogP contribution in [0.15, 0.2) is 0 Å². The molecule has 3 unspecified atom stereocenters. The zero-order chi connectivity index (χ0) is 10.1. The van der Waals surface area contributed by atoms with Crippen LogP contribution >= 0.6 is 0 Å². The van der Waals surface area contributed by atoms with Gasteiger partial charge in [-0.25, -0.2) is 0 Å². The van der Waals surface area contributed by atoms with Gasteiger partial charge in [0.05, 0.1) is 18.5 Å². The monoisotopic (exact) mass is 198 g/mol. The van der Waals surface area contributed by atoms with Crippen molar-refractivity contribution in [1.82, 2.24) is 10.6 Å². The van der Waals surface area contributed by atoms with E-state index < -0.39 is 5.97 Å². The quantitative estimate of drug-likeness (QED) is 0.532.